The number of hydrogen-bond donors (Lipinski definition) is 1. The van der Waals surface area contributed by atoms with Gasteiger partial charge in [0.25, 0.3) is 0 Å². The van der Waals surface area contributed by atoms with Gasteiger partial charge in [-0.15, -0.1) is 0 Å². The minimum atomic E-state index is -0.613. The van der Waals surface area contributed by atoms with Gasteiger partial charge in [-0.1, -0.05) is 27.2 Å². The highest BCUT2D eigenvalue weighted by molar-refractivity contribution is 7.85. The molecule has 2 nitrogen and oxygen atoms in total. The van der Waals surface area contributed by atoms with Gasteiger partial charge < -0.3 is 5.32 Å². The zero-order chi connectivity index (χ0) is 11.1. The molecule has 4 atom stereocenters. The summed E-state index contributed by atoms with van der Waals surface area (Å²) in [6.07, 6.45) is 3.67. The van der Waals surface area contributed by atoms with Crippen LogP contribution in [0.2, 0.25) is 0 Å². The second-order valence-corrected chi connectivity index (χ2v) is 7.66. The highest BCUT2D eigenvalue weighted by Crippen LogP contribution is 2.39. The van der Waals surface area contributed by atoms with Gasteiger partial charge in [-0.3, -0.25) is 4.21 Å². The molecule has 0 amide bonds. The molecule has 1 aliphatic carbocycles. The van der Waals surface area contributed by atoms with Crippen LogP contribution in [0.25, 0.3) is 0 Å². The van der Waals surface area contributed by atoms with Crippen molar-refractivity contribution in [2.24, 2.45) is 11.3 Å². The maximum absolute atomic E-state index is 12.2. The average Bonchev–Trinajstić information content (AvgIpc) is 2.26. The number of rotatable bonds is 0. The Balaban J connectivity index is 2.21. The Hall–Kier alpha value is 0.110. The summed E-state index contributed by atoms with van der Waals surface area (Å²) >= 11 is 0. The molecular weight excluding hydrogens is 206 g/mol. The monoisotopic (exact) mass is 229 g/mol. The van der Waals surface area contributed by atoms with E-state index in [1.807, 2.05) is 0 Å². The second kappa shape index (κ2) is 4.17. The molecule has 3 heteroatoms. The summed E-state index contributed by atoms with van der Waals surface area (Å²) in [5.74, 6) is 1.46. The van der Waals surface area contributed by atoms with Crippen molar-refractivity contribution >= 4 is 10.8 Å². The SMILES string of the molecule is CC1CNC2C(CCCC2(C)C)S(=O)C1. The van der Waals surface area contributed by atoms with Gasteiger partial charge in [0, 0.05) is 22.6 Å². The van der Waals surface area contributed by atoms with E-state index in [1.165, 1.54) is 12.8 Å². The molecule has 4 unspecified atom stereocenters. The van der Waals surface area contributed by atoms with Crippen LogP contribution < -0.4 is 5.32 Å². The second-order valence-electron chi connectivity index (χ2n) is 5.96. The minimum Gasteiger partial charge on any atom is -0.312 e. The summed E-state index contributed by atoms with van der Waals surface area (Å²) in [6.45, 7) is 7.89. The first-order chi connectivity index (χ1) is 7.00. The lowest BCUT2D eigenvalue weighted by molar-refractivity contribution is 0.173. The van der Waals surface area contributed by atoms with Gasteiger partial charge in [0.05, 0.1) is 5.25 Å². The molecule has 1 saturated carbocycles. The van der Waals surface area contributed by atoms with Gasteiger partial charge in [0.15, 0.2) is 0 Å². The van der Waals surface area contributed by atoms with Crippen LogP contribution in [0.5, 0.6) is 0 Å². The van der Waals surface area contributed by atoms with E-state index in [0.29, 0.717) is 22.6 Å². The lowest BCUT2D eigenvalue weighted by Crippen LogP contribution is -2.53. The molecule has 0 bridgehead atoms. The molecule has 0 aromatic heterocycles. The van der Waals surface area contributed by atoms with E-state index in [4.69, 9.17) is 0 Å². The van der Waals surface area contributed by atoms with Crippen LogP contribution in [0.1, 0.15) is 40.0 Å². The van der Waals surface area contributed by atoms with E-state index >= 15 is 0 Å². The van der Waals surface area contributed by atoms with E-state index in [9.17, 15) is 4.21 Å². The Morgan fingerprint density at radius 2 is 2.13 bits per heavy atom. The van der Waals surface area contributed by atoms with Gasteiger partial charge in [-0.05, 0) is 30.7 Å². The van der Waals surface area contributed by atoms with Crippen LogP contribution in [-0.2, 0) is 10.8 Å². The quantitative estimate of drug-likeness (QED) is 0.687. The van der Waals surface area contributed by atoms with Crippen molar-refractivity contribution in [2.45, 2.75) is 51.3 Å². The smallest absolute Gasteiger partial charge is 0.0506 e. The standard InChI is InChI=1S/C12H23NOS/c1-9-7-13-11-10(15(14)8-9)5-4-6-12(11,2)3/h9-11,13H,4-8H2,1-3H3. The lowest BCUT2D eigenvalue weighted by atomic mass is 9.73. The first-order valence-electron chi connectivity index (χ1n) is 6.11. The van der Waals surface area contributed by atoms with Crippen LogP contribution in [-0.4, -0.2) is 27.8 Å². The van der Waals surface area contributed by atoms with E-state index < -0.39 is 10.8 Å². The Morgan fingerprint density at radius 3 is 2.87 bits per heavy atom. The number of hydrogen-bond acceptors (Lipinski definition) is 2. The van der Waals surface area contributed by atoms with Crippen LogP contribution in [0.3, 0.4) is 0 Å². The normalized spacial score (nSPS) is 45.5. The van der Waals surface area contributed by atoms with Gasteiger partial charge in [-0.2, -0.15) is 0 Å². The van der Waals surface area contributed by atoms with Crippen molar-refractivity contribution in [1.29, 1.82) is 0 Å². The Labute approximate surface area is 95.7 Å². The summed E-state index contributed by atoms with van der Waals surface area (Å²) in [5, 5.41) is 4.06. The molecule has 1 heterocycles. The molecular formula is C12H23NOS. The third-order valence-corrected chi connectivity index (χ3v) is 6.08. The predicted molar refractivity (Wildman–Crippen MR) is 65.4 cm³/mol. The van der Waals surface area contributed by atoms with Crippen molar-refractivity contribution < 1.29 is 4.21 Å². The third kappa shape index (κ3) is 2.28. The van der Waals surface area contributed by atoms with Crippen LogP contribution in [0, 0.1) is 11.3 Å². The van der Waals surface area contributed by atoms with Crippen LogP contribution in [0.4, 0.5) is 0 Å². The fraction of sp³-hybridized carbons (Fsp3) is 1.00. The summed E-state index contributed by atoms with van der Waals surface area (Å²) < 4.78 is 12.2. The largest absolute Gasteiger partial charge is 0.312 e. The average molecular weight is 229 g/mol. The first-order valence-corrected chi connectivity index (χ1v) is 7.49. The van der Waals surface area contributed by atoms with E-state index in [0.717, 1.165) is 18.7 Å². The highest BCUT2D eigenvalue weighted by Gasteiger charge is 2.42. The van der Waals surface area contributed by atoms with Crippen LogP contribution >= 0.6 is 0 Å². The molecule has 0 aromatic carbocycles. The fourth-order valence-electron chi connectivity index (χ4n) is 3.07. The zero-order valence-electron chi connectivity index (χ0n) is 10.1. The summed E-state index contributed by atoms with van der Waals surface area (Å²) in [5.41, 5.74) is 0.322. The fourth-order valence-corrected chi connectivity index (χ4v) is 5.19. The maximum atomic E-state index is 12.2. The Kier molecular flexibility index (Phi) is 3.22. The maximum Gasteiger partial charge on any atom is 0.0506 e. The third-order valence-electron chi connectivity index (χ3n) is 4.00. The Morgan fingerprint density at radius 1 is 1.40 bits per heavy atom. The topological polar surface area (TPSA) is 29.1 Å². The minimum absolute atomic E-state index is 0.322. The van der Waals surface area contributed by atoms with Gasteiger partial charge >= 0.3 is 0 Å². The molecule has 2 aliphatic rings. The predicted octanol–water partition coefficient (Wildman–Crippen LogP) is 1.92. The molecule has 15 heavy (non-hydrogen) atoms. The van der Waals surface area contributed by atoms with E-state index in [1.54, 1.807) is 0 Å². The van der Waals surface area contributed by atoms with Crippen LogP contribution in [0.15, 0.2) is 0 Å². The molecule has 1 N–H and O–H groups in total. The highest BCUT2D eigenvalue weighted by atomic mass is 32.2. The molecule has 0 spiro atoms. The summed E-state index contributed by atoms with van der Waals surface area (Å²) in [4.78, 5) is 0. The lowest BCUT2D eigenvalue weighted by Gasteiger charge is -2.43. The van der Waals surface area contributed by atoms with Gasteiger partial charge in [0.1, 0.15) is 0 Å². The molecule has 2 fully saturated rings. The first kappa shape index (κ1) is 11.6. The number of fused-ring (bicyclic) bond motifs is 1. The van der Waals surface area contributed by atoms with E-state index in [-0.39, 0.29) is 0 Å². The Bertz CT molecular complexity index is 264. The van der Waals surface area contributed by atoms with Crippen molar-refractivity contribution in [3.63, 3.8) is 0 Å². The van der Waals surface area contributed by atoms with Gasteiger partial charge in [-0.25, -0.2) is 0 Å². The molecule has 2 rings (SSSR count). The van der Waals surface area contributed by atoms with Crippen molar-refractivity contribution in [3.8, 4) is 0 Å². The van der Waals surface area contributed by atoms with Gasteiger partial charge in [0.2, 0.25) is 0 Å². The van der Waals surface area contributed by atoms with Crippen molar-refractivity contribution in [3.05, 3.63) is 0 Å². The molecule has 88 valence electrons. The van der Waals surface area contributed by atoms with E-state index in [2.05, 4.69) is 26.1 Å². The molecule has 0 radical (unpaired) electrons. The summed E-state index contributed by atoms with van der Waals surface area (Å²) in [6, 6.07) is 0.469. The molecule has 1 saturated heterocycles. The van der Waals surface area contributed by atoms with Crippen molar-refractivity contribution in [2.75, 3.05) is 12.3 Å². The number of nitrogens with one attached hydrogen (secondary N) is 1. The van der Waals surface area contributed by atoms with Crippen molar-refractivity contribution in [1.82, 2.24) is 5.32 Å². The zero-order valence-corrected chi connectivity index (χ0v) is 10.9. The molecule has 0 aromatic rings. The molecule has 1 aliphatic heterocycles. The summed E-state index contributed by atoms with van der Waals surface area (Å²) in [7, 11) is -0.613.